The Morgan fingerprint density at radius 3 is 2.42 bits per heavy atom. The van der Waals surface area contributed by atoms with E-state index < -0.39 is 5.54 Å². The highest BCUT2D eigenvalue weighted by Gasteiger charge is 2.32. The van der Waals surface area contributed by atoms with Gasteiger partial charge in [-0.2, -0.15) is 0 Å². The number of Topliss-reactive ketones (excluding diaryl/α,β-unsaturated/α-hetero) is 2. The van der Waals surface area contributed by atoms with Gasteiger partial charge in [0.2, 0.25) is 0 Å². The van der Waals surface area contributed by atoms with Crippen molar-refractivity contribution in [1.29, 1.82) is 0 Å². The van der Waals surface area contributed by atoms with Crippen LogP contribution in [0.2, 0.25) is 0 Å². The van der Waals surface area contributed by atoms with E-state index in [1.54, 1.807) is 8.97 Å². The number of hydrogen-bond donors (Lipinski definition) is 0. The van der Waals surface area contributed by atoms with E-state index >= 15 is 0 Å². The van der Waals surface area contributed by atoms with Gasteiger partial charge in [-0.25, -0.2) is 4.98 Å². The summed E-state index contributed by atoms with van der Waals surface area (Å²) in [6.45, 7) is 5.85. The average molecular weight is 351 g/mol. The topological polar surface area (TPSA) is 73.4 Å². The summed E-state index contributed by atoms with van der Waals surface area (Å²) in [5.74, 6) is -0.412. The largest absolute Gasteiger partial charge is 0.300 e. The molecule has 6 nitrogen and oxygen atoms in total. The van der Waals surface area contributed by atoms with Crippen molar-refractivity contribution in [2.24, 2.45) is 5.92 Å². The van der Waals surface area contributed by atoms with Crippen LogP contribution in [0.15, 0.2) is 35.4 Å². The number of carbonyl (C=O) groups is 2. The van der Waals surface area contributed by atoms with E-state index in [9.17, 15) is 14.4 Å². The first kappa shape index (κ1) is 16.7. The van der Waals surface area contributed by atoms with Crippen LogP contribution in [-0.4, -0.2) is 25.5 Å². The first-order valence-corrected chi connectivity index (χ1v) is 8.86. The van der Waals surface area contributed by atoms with E-state index in [0.29, 0.717) is 0 Å². The predicted octanol–water partition coefficient (Wildman–Crippen LogP) is 2.96. The zero-order chi connectivity index (χ0) is 18.6. The quantitative estimate of drug-likeness (QED) is 0.535. The Hall–Kier alpha value is -2.76. The molecule has 0 N–H and O–H groups in total. The maximum Gasteiger partial charge on any atom is 0.278 e. The molecule has 1 saturated carbocycles. The molecule has 6 heteroatoms. The van der Waals surface area contributed by atoms with Crippen molar-refractivity contribution >= 4 is 28.1 Å². The third kappa shape index (κ3) is 2.57. The van der Waals surface area contributed by atoms with Crippen LogP contribution in [0.25, 0.3) is 16.6 Å². The van der Waals surface area contributed by atoms with Crippen molar-refractivity contribution in [3.63, 3.8) is 0 Å². The molecule has 2 heterocycles. The van der Waals surface area contributed by atoms with Gasteiger partial charge in [0.25, 0.3) is 5.56 Å². The van der Waals surface area contributed by atoms with Gasteiger partial charge in [-0.05, 0) is 45.7 Å². The van der Waals surface area contributed by atoms with Gasteiger partial charge in [0.05, 0.1) is 17.5 Å². The minimum absolute atomic E-state index is 0.0138. The third-order valence-corrected chi connectivity index (χ3v) is 4.86. The fourth-order valence-corrected chi connectivity index (χ4v) is 3.47. The Labute approximate surface area is 150 Å². The second-order valence-corrected chi connectivity index (χ2v) is 7.95. The average Bonchev–Trinajstić information content (AvgIpc) is 3.32. The van der Waals surface area contributed by atoms with Gasteiger partial charge in [0, 0.05) is 11.5 Å². The summed E-state index contributed by atoms with van der Waals surface area (Å²) >= 11 is 0. The molecule has 4 rings (SSSR count). The highest BCUT2D eigenvalue weighted by molar-refractivity contribution is 6.11. The van der Waals surface area contributed by atoms with Crippen molar-refractivity contribution in [2.45, 2.75) is 45.6 Å². The molecule has 0 bridgehead atoms. The van der Waals surface area contributed by atoms with Gasteiger partial charge < -0.3 is 0 Å². The summed E-state index contributed by atoms with van der Waals surface area (Å²) < 4.78 is 3.35. The number of hydrogen-bond acceptors (Lipinski definition) is 4. The lowest BCUT2D eigenvalue weighted by molar-refractivity contribution is -0.119. The number of imidazole rings is 1. The van der Waals surface area contributed by atoms with E-state index in [1.807, 2.05) is 45.0 Å². The van der Waals surface area contributed by atoms with Gasteiger partial charge in [-0.3, -0.25) is 23.4 Å². The van der Waals surface area contributed by atoms with Gasteiger partial charge >= 0.3 is 0 Å². The number of rotatable bonds is 4. The molecule has 0 atom stereocenters. The van der Waals surface area contributed by atoms with E-state index in [-0.39, 0.29) is 40.7 Å². The van der Waals surface area contributed by atoms with E-state index in [4.69, 9.17) is 0 Å². The number of aromatic nitrogens is 3. The highest BCUT2D eigenvalue weighted by Crippen LogP contribution is 2.31. The predicted molar refractivity (Wildman–Crippen MR) is 98.6 cm³/mol. The van der Waals surface area contributed by atoms with E-state index in [0.717, 1.165) is 23.9 Å². The summed E-state index contributed by atoms with van der Waals surface area (Å²) in [7, 11) is 0. The van der Waals surface area contributed by atoms with Crippen molar-refractivity contribution < 1.29 is 9.59 Å². The number of ketones is 2. The molecule has 2 aromatic heterocycles. The fraction of sp³-hybridized carbons (Fsp3) is 0.400. The van der Waals surface area contributed by atoms with Crippen LogP contribution < -0.4 is 5.56 Å². The normalized spacial score (nSPS) is 14.9. The fourth-order valence-electron chi connectivity index (χ4n) is 3.47. The van der Waals surface area contributed by atoms with Gasteiger partial charge in [-0.15, -0.1) is 0 Å². The zero-order valence-corrected chi connectivity index (χ0v) is 15.2. The van der Waals surface area contributed by atoms with Crippen LogP contribution in [0.5, 0.6) is 0 Å². The molecular formula is C20H21N3O3. The van der Waals surface area contributed by atoms with Crippen molar-refractivity contribution in [2.75, 3.05) is 0 Å². The smallest absolute Gasteiger partial charge is 0.278 e. The summed E-state index contributed by atoms with van der Waals surface area (Å²) in [5, 5.41) is 0. The molecule has 0 radical (unpaired) electrons. The van der Waals surface area contributed by atoms with Gasteiger partial charge in [0.15, 0.2) is 5.78 Å². The van der Waals surface area contributed by atoms with Crippen molar-refractivity contribution in [3.8, 4) is 0 Å². The first-order valence-electron chi connectivity index (χ1n) is 8.86. The number of nitrogens with zero attached hydrogens (tertiary/aromatic N) is 3. The Morgan fingerprint density at radius 2 is 1.81 bits per heavy atom. The van der Waals surface area contributed by atoms with Gasteiger partial charge in [-0.1, -0.05) is 12.1 Å². The van der Waals surface area contributed by atoms with Crippen LogP contribution in [-0.2, 0) is 10.3 Å². The molecule has 1 aromatic carbocycles. The first-order chi connectivity index (χ1) is 12.3. The lowest BCUT2D eigenvalue weighted by atomic mass is 10.1. The van der Waals surface area contributed by atoms with Crippen molar-refractivity contribution in [1.82, 2.24) is 14.0 Å². The Balaban J connectivity index is 1.97. The molecular weight excluding hydrogens is 330 g/mol. The highest BCUT2D eigenvalue weighted by atomic mass is 16.2. The maximum atomic E-state index is 13.3. The van der Waals surface area contributed by atoms with Crippen LogP contribution in [0, 0.1) is 5.92 Å². The summed E-state index contributed by atoms with van der Waals surface area (Å²) in [6.07, 6.45) is 3.04. The van der Waals surface area contributed by atoms with Crippen LogP contribution >= 0.6 is 0 Å². The van der Waals surface area contributed by atoms with E-state index in [1.165, 1.54) is 6.33 Å². The molecule has 0 amide bonds. The summed E-state index contributed by atoms with van der Waals surface area (Å²) in [6, 6.07) is 7.55. The lowest BCUT2D eigenvalue weighted by Gasteiger charge is -2.25. The van der Waals surface area contributed by atoms with E-state index in [2.05, 4.69) is 4.98 Å². The van der Waals surface area contributed by atoms with Crippen molar-refractivity contribution in [3.05, 3.63) is 46.6 Å². The number of fused-ring (bicyclic) bond motifs is 3. The molecule has 0 aliphatic heterocycles. The Bertz CT molecular complexity index is 1110. The Morgan fingerprint density at radius 1 is 1.15 bits per heavy atom. The molecule has 3 aromatic rings. The summed E-state index contributed by atoms with van der Waals surface area (Å²) in [5.41, 5.74) is 1.18. The second kappa shape index (κ2) is 5.62. The SMILES string of the molecule is CC(C)(C)n1c(=O)c2c(C(=O)CC(=O)C3CC3)ncn2c2ccccc21. The lowest BCUT2D eigenvalue weighted by Crippen LogP contribution is -2.35. The molecule has 1 fully saturated rings. The van der Waals surface area contributed by atoms with Crippen LogP contribution in [0.3, 0.4) is 0 Å². The monoisotopic (exact) mass is 351 g/mol. The maximum absolute atomic E-state index is 13.3. The molecule has 1 aliphatic carbocycles. The third-order valence-electron chi connectivity index (χ3n) is 4.86. The van der Waals surface area contributed by atoms with Crippen LogP contribution in [0.4, 0.5) is 0 Å². The second-order valence-electron chi connectivity index (χ2n) is 7.95. The molecule has 0 spiro atoms. The minimum Gasteiger partial charge on any atom is -0.300 e. The molecule has 134 valence electrons. The van der Waals surface area contributed by atoms with Crippen LogP contribution in [0.1, 0.15) is 50.5 Å². The number of para-hydroxylation sites is 2. The standard InChI is InChI=1S/C20H21N3O3/c1-20(2,3)23-14-7-5-4-6-13(14)22-11-21-17(18(22)19(23)26)16(25)10-15(24)12-8-9-12/h4-7,11-12H,8-10H2,1-3H3. The number of carbonyl (C=O) groups excluding carboxylic acids is 2. The Kier molecular flexibility index (Phi) is 3.61. The summed E-state index contributed by atoms with van der Waals surface area (Å²) in [4.78, 5) is 42.2. The molecule has 26 heavy (non-hydrogen) atoms. The number of benzene rings is 1. The minimum atomic E-state index is -0.465. The van der Waals surface area contributed by atoms with Gasteiger partial charge in [0.1, 0.15) is 23.3 Å². The molecule has 1 aliphatic rings. The molecule has 0 saturated heterocycles. The zero-order valence-electron chi connectivity index (χ0n) is 15.2. The molecule has 0 unspecified atom stereocenters.